The molecule has 1 aromatic rings. The smallest absolute Gasteiger partial charge is 0.309 e. The second-order valence-corrected chi connectivity index (χ2v) is 3.88. The minimum Gasteiger partial charge on any atom is -0.469 e. The number of aryl methyl sites for hydroxylation is 1. The van der Waals surface area contributed by atoms with Crippen LogP contribution in [0, 0.1) is 12.8 Å². The second kappa shape index (κ2) is 6.11. The van der Waals surface area contributed by atoms with Crippen molar-refractivity contribution in [3.05, 3.63) is 48.0 Å². The molecule has 0 aliphatic rings. The second-order valence-electron chi connectivity index (χ2n) is 3.88. The van der Waals surface area contributed by atoms with Gasteiger partial charge in [0.1, 0.15) is 0 Å². The first kappa shape index (κ1) is 12.5. The molecule has 86 valence electrons. The van der Waals surface area contributed by atoms with Crippen molar-refractivity contribution in [2.75, 3.05) is 7.11 Å². The summed E-state index contributed by atoms with van der Waals surface area (Å²) in [6.45, 7) is 5.73. The van der Waals surface area contributed by atoms with Crippen molar-refractivity contribution in [2.24, 2.45) is 5.92 Å². The van der Waals surface area contributed by atoms with Gasteiger partial charge in [0, 0.05) is 0 Å². The lowest BCUT2D eigenvalue weighted by Gasteiger charge is -2.14. The zero-order valence-electron chi connectivity index (χ0n) is 9.90. The molecule has 2 nitrogen and oxygen atoms in total. The van der Waals surface area contributed by atoms with Crippen LogP contribution in [0.2, 0.25) is 0 Å². The molecule has 0 saturated carbocycles. The summed E-state index contributed by atoms with van der Waals surface area (Å²) in [5, 5.41) is 0. The molecule has 1 aromatic carbocycles. The quantitative estimate of drug-likeness (QED) is 0.561. The highest BCUT2D eigenvalue weighted by molar-refractivity contribution is 5.72. The number of hydrogen-bond donors (Lipinski definition) is 0. The SMILES string of the molecule is C=CC[C@H](Cc1ccccc1C)C(=O)OC. The van der Waals surface area contributed by atoms with Crippen molar-refractivity contribution in [3.8, 4) is 0 Å². The topological polar surface area (TPSA) is 26.3 Å². The molecule has 0 fully saturated rings. The molecule has 1 rings (SSSR count). The van der Waals surface area contributed by atoms with Crippen LogP contribution in [-0.4, -0.2) is 13.1 Å². The molecule has 2 heteroatoms. The standard InChI is InChI=1S/C14H18O2/c1-4-7-13(14(15)16-3)10-12-9-6-5-8-11(12)2/h4-6,8-9,13H,1,7,10H2,2-3H3/t13-/m1/s1. The highest BCUT2D eigenvalue weighted by Crippen LogP contribution is 2.17. The van der Waals surface area contributed by atoms with E-state index in [4.69, 9.17) is 4.74 Å². The van der Waals surface area contributed by atoms with E-state index in [0.29, 0.717) is 12.8 Å². The van der Waals surface area contributed by atoms with Crippen LogP contribution in [-0.2, 0) is 16.0 Å². The van der Waals surface area contributed by atoms with Crippen LogP contribution >= 0.6 is 0 Å². The Kier molecular flexibility index (Phi) is 4.77. The highest BCUT2D eigenvalue weighted by atomic mass is 16.5. The third kappa shape index (κ3) is 3.23. The average Bonchev–Trinajstić information content (AvgIpc) is 2.30. The van der Waals surface area contributed by atoms with Gasteiger partial charge in [-0.05, 0) is 30.9 Å². The molecule has 0 unspecified atom stereocenters. The molecule has 1 atom stereocenters. The molecule has 16 heavy (non-hydrogen) atoms. The van der Waals surface area contributed by atoms with Crippen molar-refractivity contribution in [1.29, 1.82) is 0 Å². The van der Waals surface area contributed by atoms with E-state index in [2.05, 4.69) is 19.6 Å². The Morgan fingerprint density at radius 3 is 2.75 bits per heavy atom. The van der Waals surface area contributed by atoms with E-state index in [1.165, 1.54) is 18.2 Å². The Bertz CT molecular complexity index is 369. The number of carbonyl (C=O) groups excluding carboxylic acids is 1. The van der Waals surface area contributed by atoms with Crippen molar-refractivity contribution in [1.82, 2.24) is 0 Å². The molecule has 0 radical (unpaired) electrons. The maximum Gasteiger partial charge on any atom is 0.309 e. The third-order valence-corrected chi connectivity index (χ3v) is 2.71. The lowest BCUT2D eigenvalue weighted by molar-refractivity contribution is -0.145. The molecule has 0 heterocycles. The third-order valence-electron chi connectivity index (χ3n) is 2.71. The molecule has 0 saturated heterocycles. The summed E-state index contributed by atoms with van der Waals surface area (Å²) in [5.74, 6) is -0.285. The maximum atomic E-state index is 11.5. The molecular formula is C14H18O2. The summed E-state index contributed by atoms with van der Waals surface area (Å²) in [4.78, 5) is 11.5. The van der Waals surface area contributed by atoms with E-state index in [0.717, 1.165) is 0 Å². The number of hydrogen-bond acceptors (Lipinski definition) is 2. The molecule has 0 bridgehead atoms. The zero-order valence-corrected chi connectivity index (χ0v) is 9.90. The van der Waals surface area contributed by atoms with E-state index in [1.54, 1.807) is 6.08 Å². The summed E-state index contributed by atoms with van der Waals surface area (Å²) in [6.07, 6.45) is 3.13. The van der Waals surface area contributed by atoms with Gasteiger partial charge < -0.3 is 4.74 Å². The first-order valence-electron chi connectivity index (χ1n) is 5.42. The molecule has 0 amide bonds. The lowest BCUT2D eigenvalue weighted by Crippen LogP contribution is -2.18. The fraction of sp³-hybridized carbons (Fsp3) is 0.357. The summed E-state index contributed by atoms with van der Waals surface area (Å²) < 4.78 is 4.79. The summed E-state index contributed by atoms with van der Waals surface area (Å²) in [7, 11) is 1.43. The molecule has 0 aliphatic carbocycles. The minimum atomic E-state index is -0.164. The molecule has 0 spiro atoms. The van der Waals surface area contributed by atoms with Gasteiger partial charge in [-0.1, -0.05) is 30.3 Å². The van der Waals surface area contributed by atoms with Gasteiger partial charge in [-0.3, -0.25) is 4.79 Å². The van der Waals surface area contributed by atoms with Gasteiger partial charge in [0.15, 0.2) is 0 Å². The summed E-state index contributed by atoms with van der Waals surface area (Å²) in [5.41, 5.74) is 2.40. The van der Waals surface area contributed by atoms with Gasteiger partial charge in [0.2, 0.25) is 0 Å². The van der Waals surface area contributed by atoms with Gasteiger partial charge >= 0.3 is 5.97 Å². The normalized spacial score (nSPS) is 11.9. The van der Waals surface area contributed by atoms with Crippen molar-refractivity contribution >= 4 is 5.97 Å². The molecule has 0 aliphatic heterocycles. The number of carbonyl (C=O) groups is 1. The van der Waals surface area contributed by atoms with Crippen molar-refractivity contribution < 1.29 is 9.53 Å². The first-order valence-corrected chi connectivity index (χ1v) is 5.42. The van der Waals surface area contributed by atoms with Gasteiger partial charge in [-0.2, -0.15) is 0 Å². The van der Waals surface area contributed by atoms with Gasteiger partial charge in [-0.25, -0.2) is 0 Å². The molecular weight excluding hydrogens is 200 g/mol. The highest BCUT2D eigenvalue weighted by Gasteiger charge is 2.18. The van der Waals surface area contributed by atoms with Gasteiger partial charge in [-0.15, -0.1) is 6.58 Å². The van der Waals surface area contributed by atoms with Gasteiger partial charge in [0.05, 0.1) is 13.0 Å². The predicted molar refractivity (Wildman–Crippen MR) is 65.2 cm³/mol. The van der Waals surface area contributed by atoms with E-state index in [9.17, 15) is 4.79 Å². The number of ether oxygens (including phenoxy) is 1. The fourth-order valence-electron chi connectivity index (χ4n) is 1.74. The van der Waals surface area contributed by atoms with Crippen LogP contribution in [0.1, 0.15) is 17.5 Å². The van der Waals surface area contributed by atoms with Crippen LogP contribution in [0.4, 0.5) is 0 Å². The largest absolute Gasteiger partial charge is 0.469 e. The molecule has 0 N–H and O–H groups in total. The number of esters is 1. The number of rotatable bonds is 5. The number of allylic oxidation sites excluding steroid dienone is 1. The Balaban J connectivity index is 2.79. The Labute approximate surface area is 96.9 Å². The summed E-state index contributed by atoms with van der Waals surface area (Å²) in [6, 6.07) is 8.09. The number of benzene rings is 1. The Morgan fingerprint density at radius 1 is 1.50 bits per heavy atom. The maximum absolute atomic E-state index is 11.5. The van der Waals surface area contributed by atoms with Crippen LogP contribution in [0.25, 0.3) is 0 Å². The van der Waals surface area contributed by atoms with Crippen molar-refractivity contribution in [3.63, 3.8) is 0 Å². The van der Waals surface area contributed by atoms with Gasteiger partial charge in [0.25, 0.3) is 0 Å². The van der Waals surface area contributed by atoms with Crippen LogP contribution < -0.4 is 0 Å². The predicted octanol–water partition coefficient (Wildman–Crippen LogP) is 2.90. The van der Waals surface area contributed by atoms with E-state index < -0.39 is 0 Å². The minimum absolute atomic E-state index is 0.122. The number of methoxy groups -OCH3 is 1. The zero-order chi connectivity index (χ0) is 12.0. The van der Waals surface area contributed by atoms with Crippen LogP contribution in [0.3, 0.4) is 0 Å². The average molecular weight is 218 g/mol. The van der Waals surface area contributed by atoms with E-state index >= 15 is 0 Å². The van der Waals surface area contributed by atoms with E-state index in [-0.39, 0.29) is 11.9 Å². The van der Waals surface area contributed by atoms with Crippen molar-refractivity contribution in [2.45, 2.75) is 19.8 Å². The first-order chi connectivity index (χ1) is 7.69. The summed E-state index contributed by atoms with van der Waals surface area (Å²) >= 11 is 0. The Morgan fingerprint density at radius 2 is 2.19 bits per heavy atom. The van der Waals surface area contributed by atoms with E-state index in [1.807, 2.05) is 18.2 Å². The van der Waals surface area contributed by atoms with Crippen LogP contribution in [0.15, 0.2) is 36.9 Å². The molecule has 0 aromatic heterocycles. The fourth-order valence-corrected chi connectivity index (χ4v) is 1.74. The lowest BCUT2D eigenvalue weighted by atomic mass is 9.94. The Hall–Kier alpha value is -1.57. The monoisotopic (exact) mass is 218 g/mol. The van der Waals surface area contributed by atoms with Crippen LogP contribution in [0.5, 0.6) is 0 Å².